The zero-order valence-electron chi connectivity index (χ0n) is 15.2. The van der Waals surface area contributed by atoms with Crippen molar-refractivity contribution in [1.29, 1.82) is 0 Å². The van der Waals surface area contributed by atoms with Gasteiger partial charge in [0.1, 0.15) is 5.03 Å². The number of ether oxygens (including phenoxy) is 2. The Balaban J connectivity index is 1.30. The molecule has 7 nitrogen and oxygen atoms in total. The number of aromatic nitrogens is 2. The van der Waals surface area contributed by atoms with Gasteiger partial charge >= 0.3 is 17.8 Å². The summed E-state index contributed by atoms with van der Waals surface area (Å²) >= 11 is 4.80. The summed E-state index contributed by atoms with van der Waals surface area (Å²) in [7, 11) is 0. The third-order valence-corrected chi connectivity index (χ3v) is 8.76. The highest BCUT2D eigenvalue weighted by molar-refractivity contribution is 7.99. The van der Waals surface area contributed by atoms with Crippen LogP contribution in [0.25, 0.3) is 0 Å². The molecule has 3 aliphatic rings. The van der Waals surface area contributed by atoms with Gasteiger partial charge in [0.05, 0.1) is 17.4 Å². The molecule has 0 amide bonds. The van der Waals surface area contributed by atoms with Gasteiger partial charge in [-0.05, 0) is 29.7 Å². The van der Waals surface area contributed by atoms with E-state index in [1.165, 1.54) is 16.6 Å². The Kier molecular flexibility index (Phi) is 4.69. The van der Waals surface area contributed by atoms with E-state index in [0.717, 1.165) is 29.4 Å². The average Bonchev–Trinajstić information content (AvgIpc) is 3.45. The monoisotopic (exact) mass is 437 g/mol. The number of fused-ring (bicyclic) bond motifs is 3. The lowest BCUT2D eigenvalue weighted by Gasteiger charge is -2.37. The lowest BCUT2D eigenvalue weighted by molar-refractivity contribution is -0.257. The van der Waals surface area contributed by atoms with E-state index in [-0.39, 0.29) is 5.92 Å². The molecular formula is C18H19N3O4S3. The SMILES string of the molecule is CC(CSc1nsnc1C1CN2CC1CCC21OC(=O)C(=O)O1)c1cccs1. The highest BCUT2D eigenvalue weighted by atomic mass is 32.2. The smallest absolute Gasteiger partial charge is 0.400 e. The van der Waals surface area contributed by atoms with Gasteiger partial charge in [-0.3, -0.25) is 0 Å². The van der Waals surface area contributed by atoms with Crippen molar-refractivity contribution in [3.8, 4) is 0 Å². The molecule has 28 heavy (non-hydrogen) atoms. The maximum atomic E-state index is 11.6. The van der Waals surface area contributed by atoms with Crippen LogP contribution in [0.3, 0.4) is 0 Å². The summed E-state index contributed by atoms with van der Waals surface area (Å²) in [5.74, 6) is -0.945. The molecule has 2 bridgehead atoms. The molecule has 3 fully saturated rings. The lowest BCUT2D eigenvalue weighted by Crippen LogP contribution is -2.51. The van der Waals surface area contributed by atoms with Crippen LogP contribution in [0.2, 0.25) is 0 Å². The first kappa shape index (κ1) is 18.5. The van der Waals surface area contributed by atoms with Crippen LogP contribution in [-0.4, -0.2) is 50.3 Å². The fourth-order valence-corrected chi connectivity index (χ4v) is 6.99. The number of thiophene rings is 1. The van der Waals surface area contributed by atoms with Crippen LogP contribution in [0.4, 0.5) is 0 Å². The third-order valence-electron chi connectivity index (χ3n) is 5.76. The molecular weight excluding hydrogens is 418 g/mol. The van der Waals surface area contributed by atoms with Gasteiger partial charge in [-0.2, -0.15) is 8.75 Å². The number of carbonyl (C=O) groups excluding carboxylic acids is 2. The summed E-state index contributed by atoms with van der Waals surface area (Å²) in [4.78, 5) is 26.5. The quantitative estimate of drug-likeness (QED) is 0.401. The van der Waals surface area contributed by atoms with E-state index in [2.05, 4.69) is 33.2 Å². The van der Waals surface area contributed by atoms with E-state index in [9.17, 15) is 9.59 Å². The van der Waals surface area contributed by atoms with E-state index in [1.807, 2.05) is 4.90 Å². The number of rotatable bonds is 5. The topological polar surface area (TPSA) is 81.6 Å². The van der Waals surface area contributed by atoms with Crippen LogP contribution in [0, 0.1) is 5.92 Å². The summed E-state index contributed by atoms with van der Waals surface area (Å²) in [6.45, 7) is 3.63. The van der Waals surface area contributed by atoms with Crippen molar-refractivity contribution in [2.75, 3.05) is 18.8 Å². The molecule has 5 heterocycles. The first-order chi connectivity index (χ1) is 13.6. The van der Waals surface area contributed by atoms with Gasteiger partial charge in [0.15, 0.2) is 0 Å². The van der Waals surface area contributed by atoms with E-state index in [4.69, 9.17) is 9.47 Å². The Morgan fingerprint density at radius 3 is 2.89 bits per heavy atom. The van der Waals surface area contributed by atoms with Gasteiger partial charge in [0.25, 0.3) is 0 Å². The molecule has 3 saturated heterocycles. The van der Waals surface area contributed by atoms with Crippen molar-refractivity contribution in [2.45, 2.75) is 42.5 Å². The van der Waals surface area contributed by atoms with E-state index >= 15 is 0 Å². The molecule has 0 aliphatic carbocycles. The molecule has 4 unspecified atom stereocenters. The van der Waals surface area contributed by atoms with Crippen molar-refractivity contribution in [2.24, 2.45) is 5.92 Å². The number of piperidine rings is 1. The Morgan fingerprint density at radius 2 is 2.14 bits per heavy atom. The van der Waals surface area contributed by atoms with Gasteiger partial charge < -0.3 is 9.47 Å². The fourth-order valence-electron chi connectivity index (χ4n) is 4.27. The van der Waals surface area contributed by atoms with Gasteiger partial charge in [-0.25, -0.2) is 14.5 Å². The third kappa shape index (κ3) is 3.06. The summed E-state index contributed by atoms with van der Waals surface area (Å²) in [5, 5.41) is 3.11. The molecule has 148 valence electrons. The largest absolute Gasteiger partial charge is 0.421 e. The minimum Gasteiger partial charge on any atom is -0.400 e. The fraction of sp³-hybridized carbons (Fsp3) is 0.556. The second kappa shape index (κ2) is 7.08. The molecule has 10 heteroatoms. The van der Waals surface area contributed by atoms with Gasteiger partial charge in [0.2, 0.25) is 0 Å². The first-order valence-electron chi connectivity index (χ1n) is 9.26. The summed E-state index contributed by atoms with van der Waals surface area (Å²) in [5.41, 5.74) is 1.04. The predicted molar refractivity (Wildman–Crippen MR) is 105 cm³/mol. The molecule has 1 spiro atoms. The van der Waals surface area contributed by atoms with Crippen LogP contribution >= 0.6 is 34.8 Å². The summed E-state index contributed by atoms with van der Waals surface area (Å²) in [6, 6.07) is 4.26. The van der Waals surface area contributed by atoms with Crippen molar-refractivity contribution < 1.29 is 19.1 Å². The van der Waals surface area contributed by atoms with Crippen molar-refractivity contribution in [1.82, 2.24) is 13.6 Å². The average molecular weight is 438 g/mol. The van der Waals surface area contributed by atoms with Gasteiger partial charge in [-0.1, -0.05) is 13.0 Å². The standard InChI is InChI=1S/C18H19N3O4S3/c1-10(13-3-2-6-26-13)9-27-15-14(19-28-20-15)12-8-21-7-11(12)4-5-18(21)24-16(22)17(23)25-18/h2-3,6,10-12H,4-5,7-9H2,1H3. The molecule has 4 atom stereocenters. The Labute approximate surface area is 174 Å². The molecule has 0 radical (unpaired) electrons. The number of nitrogens with zero attached hydrogens (tertiary/aromatic N) is 3. The second-order valence-corrected chi connectivity index (χ2v) is 10.0. The van der Waals surface area contributed by atoms with E-state index < -0.39 is 17.8 Å². The zero-order valence-corrected chi connectivity index (χ0v) is 17.6. The summed E-state index contributed by atoms with van der Waals surface area (Å²) in [6.07, 6.45) is 1.34. The van der Waals surface area contributed by atoms with Crippen molar-refractivity contribution in [3.63, 3.8) is 0 Å². The molecule has 3 aliphatic heterocycles. The van der Waals surface area contributed by atoms with Crippen LogP contribution in [0.5, 0.6) is 0 Å². The number of carbonyl (C=O) groups is 2. The molecule has 2 aromatic heterocycles. The van der Waals surface area contributed by atoms with Crippen LogP contribution in [-0.2, 0) is 19.1 Å². The molecule has 0 saturated carbocycles. The van der Waals surface area contributed by atoms with Crippen LogP contribution in [0.15, 0.2) is 22.5 Å². The molecule has 5 rings (SSSR count). The van der Waals surface area contributed by atoms with Crippen molar-refractivity contribution in [3.05, 3.63) is 28.1 Å². The number of hydrogen-bond acceptors (Lipinski definition) is 10. The molecule has 0 aromatic carbocycles. The van der Waals surface area contributed by atoms with Gasteiger partial charge in [0, 0.05) is 36.1 Å². The highest BCUT2D eigenvalue weighted by Gasteiger charge is 2.59. The minimum absolute atomic E-state index is 0.218. The predicted octanol–water partition coefficient (Wildman–Crippen LogP) is 3.06. The van der Waals surface area contributed by atoms with Crippen LogP contribution in [0.1, 0.15) is 42.2 Å². The number of hydrogen-bond donors (Lipinski definition) is 0. The molecule has 0 N–H and O–H groups in total. The lowest BCUT2D eigenvalue weighted by atomic mass is 9.88. The summed E-state index contributed by atoms with van der Waals surface area (Å²) < 4.78 is 19.8. The van der Waals surface area contributed by atoms with Crippen LogP contribution < -0.4 is 0 Å². The normalized spacial score (nSPS) is 29.1. The number of esters is 2. The van der Waals surface area contributed by atoms with E-state index in [1.54, 1.807) is 23.1 Å². The first-order valence-corrected chi connectivity index (χ1v) is 11.9. The second-order valence-electron chi connectivity index (χ2n) is 7.48. The maximum absolute atomic E-state index is 11.6. The van der Waals surface area contributed by atoms with Gasteiger partial charge in [-0.15, -0.1) is 23.1 Å². The van der Waals surface area contributed by atoms with E-state index in [0.29, 0.717) is 24.8 Å². The minimum atomic E-state index is -1.20. The Bertz CT molecular complexity index is 884. The highest BCUT2D eigenvalue weighted by Crippen LogP contribution is 2.48. The Morgan fingerprint density at radius 1 is 1.32 bits per heavy atom. The number of thioether (sulfide) groups is 1. The zero-order chi connectivity index (χ0) is 19.3. The maximum Gasteiger partial charge on any atom is 0.421 e. The van der Waals surface area contributed by atoms with Crippen molar-refractivity contribution >= 4 is 46.8 Å². The molecule has 2 aromatic rings. The Hall–Kier alpha value is -1.49.